The second-order valence-corrected chi connectivity index (χ2v) is 2.48. The fourth-order valence-electron chi connectivity index (χ4n) is 0.608. The molecular formula is C5H5BrN2O3. The first-order chi connectivity index (χ1) is 5.16. The van der Waals surface area contributed by atoms with Gasteiger partial charge in [-0.1, -0.05) is 15.9 Å². The number of aromatic nitrogens is 2. The van der Waals surface area contributed by atoms with E-state index in [1.807, 2.05) is 0 Å². The molecule has 0 aliphatic rings. The third-order valence-electron chi connectivity index (χ3n) is 1.21. The van der Waals surface area contributed by atoms with E-state index in [0.717, 1.165) is 0 Å². The van der Waals surface area contributed by atoms with Gasteiger partial charge in [0.2, 0.25) is 11.5 Å². The first-order valence-electron chi connectivity index (χ1n) is 2.82. The zero-order valence-electron chi connectivity index (χ0n) is 5.70. The van der Waals surface area contributed by atoms with Crippen LogP contribution in [0.25, 0.3) is 0 Å². The summed E-state index contributed by atoms with van der Waals surface area (Å²) in [5, 5.41) is 14.0. The standard InChI is InChI=1S/C5H5BrN2O3/c1-3-5(4(9)2-6)7-11-8(3)10/h2H2,1H3. The molecule has 0 aliphatic heterocycles. The van der Waals surface area contributed by atoms with Gasteiger partial charge in [-0.2, -0.15) is 0 Å². The summed E-state index contributed by atoms with van der Waals surface area (Å²) in [4.78, 5) is 11.1. The Morgan fingerprint density at radius 2 is 2.55 bits per heavy atom. The molecule has 1 aromatic rings. The van der Waals surface area contributed by atoms with Crippen molar-refractivity contribution in [1.82, 2.24) is 5.16 Å². The number of Topliss-reactive ketones (excluding diaryl/α,β-unsaturated/α-hetero) is 1. The molecule has 0 saturated heterocycles. The Kier molecular flexibility index (Phi) is 2.23. The van der Waals surface area contributed by atoms with E-state index < -0.39 is 0 Å². The summed E-state index contributed by atoms with van der Waals surface area (Å²) in [6.45, 7) is 1.47. The summed E-state index contributed by atoms with van der Waals surface area (Å²) in [6.07, 6.45) is 0. The number of hydrogen-bond acceptors (Lipinski definition) is 4. The summed E-state index contributed by atoms with van der Waals surface area (Å²) in [5.74, 6) is -0.263. The average Bonchev–Trinajstić information content (AvgIpc) is 2.32. The Balaban J connectivity index is 3.04. The van der Waals surface area contributed by atoms with E-state index in [9.17, 15) is 10.0 Å². The second kappa shape index (κ2) is 3.00. The lowest BCUT2D eigenvalue weighted by atomic mass is 10.3. The third-order valence-corrected chi connectivity index (χ3v) is 1.72. The first kappa shape index (κ1) is 8.19. The van der Waals surface area contributed by atoms with Crippen LogP contribution in [0.3, 0.4) is 0 Å². The van der Waals surface area contributed by atoms with Gasteiger partial charge >= 0.3 is 0 Å². The number of carbonyl (C=O) groups is 1. The van der Waals surface area contributed by atoms with E-state index in [-0.39, 0.29) is 27.4 Å². The first-order valence-corrected chi connectivity index (χ1v) is 3.94. The maximum absolute atomic E-state index is 10.9. The van der Waals surface area contributed by atoms with Gasteiger partial charge in [0.1, 0.15) is 0 Å². The Morgan fingerprint density at radius 1 is 1.91 bits per heavy atom. The number of halogens is 1. The van der Waals surface area contributed by atoms with Gasteiger partial charge in [0.05, 0.1) is 5.33 Å². The summed E-state index contributed by atoms with van der Waals surface area (Å²) < 4.78 is 4.19. The van der Waals surface area contributed by atoms with Gasteiger partial charge in [-0.3, -0.25) is 9.42 Å². The quantitative estimate of drug-likeness (QED) is 0.406. The van der Waals surface area contributed by atoms with Crippen molar-refractivity contribution in [3.63, 3.8) is 0 Å². The largest absolute Gasteiger partial charge is 0.359 e. The van der Waals surface area contributed by atoms with Gasteiger partial charge < -0.3 is 5.21 Å². The van der Waals surface area contributed by atoms with Crippen LogP contribution in [0, 0.1) is 12.1 Å². The molecule has 1 rings (SSSR count). The van der Waals surface area contributed by atoms with E-state index in [1.54, 1.807) is 0 Å². The number of ketones is 1. The molecule has 0 N–H and O–H groups in total. The van der Waals surface area contributed by atoms with Gasteiger partial charge in [0, 0.05) is 12.1 Å². The molecule has 0 saturated carbocycles. The van der Waals surface area contributed by atoms with Crippen LogP contribution in [0.5, 0.6) is 0 Å². The predicted molar refractivity (Wildman–Crippen MR) is 38.3 cm³/mol. The number of rotatable bonds is 2. The number of alkyl halides is 1. The minimum absolute atomic E-state index is 0.0804. The van der Waals surface area contributed by atoms with Crippen molar-refractivity contribution >= 4 is 21.7 Å². The second-order valence-electron chi connectivity index (χ2n) is 1.92. The van der Waals surface area contributed by atoms with E-state index in [2.05, 4.69) is 25.7 Å². The zero-order chi connectivity index (χ0) is 8.43. The summed E-state index contributed by atoms with van der Waals surface area (Å²) in [6, 6.07) is 0. The van der Waals surface area contributed by atoms with Crippen LogP contribution in [0.15, 0.2) is 4.63 Å². The van der Waals surface area contributed by atoms with Crippen LogP contribution in [-0.4, -0.2) is 16.3 Å². The molecule has 0 bridgehead atoms. The highest BCUT2D eigenvalue weighted by Crippen LogP contribution is 2.01. The molecule has 0 unspecified atom stereocenters. The van der Waals surface area contributed by atoms with E-state index in [0.29, 0.717) is 0 Å². The Labute approximate surface area is 70.6 Å². The highest BCUT2D eigenvalue weighted by Gasteiger charge is 2.20. The number of nitrogens with zero attached hydrogens (tertiary/aromatic N) is 2. The summed E-state index contributed by atoms with van der Waals surface area (Å²) in [7, 11) is 0. The minimum Gasteiger partial charge on any atom is -0.359 e. The predicted octanol–water partition coefficient (Wildman–Crippen LogP) is 0.194. The molecule has 0 atom stereocenters. The van der Waals surface area contributed by atoms with Gasteiger partial charge in [-0.25, -0.2) is 0 Å². The fraction of sp³-hybridized carbons (Fsp3) is 0.400. The van der Waals surface area contributed by atoms with Crippen molar-refractivity contribution in [1.29, 1.82) is 0 Å². The molecule has 0 aliphatic carbocycles. The van der Waals surface area contributed by atoms with Crippen molar-refractivity contribution in [2.24, 2.45) is 0 Å². The maximum Gasteiger partial charge on any atom is 0.287 e. The lowest BCUT2D eigenvalue weighted by Gasteiger charge is -1.85. The van der Waals surface area contributed by atoms with E-state index in [4.69, 9.17) is 0 Å². The van der Waals surface area contributed by atoms with Gasteiger partial charge in [-0.15, -0.1) is 0 Å². The van der Waals surface area contributed by atoms with Gasteiger partial charge in [-0.05, 0) is 4.90 Å². The number of hydrogen-bond donors (Lipinski definition) is 0. The van der Waals surface area contributed by atoms with E-state index in [1.165, 1.54) is 6.92 Å². The fourth-order valence-corrected chi connectivity index (χ4v) is 0.873. The molecular weight excluding hydrogens is 216 g/mol. The molecule has 0 spiro atoms. The minimum atomic E-state index is -0.263. The van der Waals surface area contributed by atoms with Crippen LogP contribution in [0.2, 0.25) is 0 Å². The highest BCUT2D eigenvalue weighted by molar-refractivity contribution is 9.09. The van der Waals surface area contributed by atoms with Crippen LogP contribution in [0.4, 0.5) is 0 Å². The molecule has 1 heterocycles. The van der Waals surface area contributed by atoms with Crippen LogP contribution < -0.4 is 4.90 Å². The molecule has 0 aromatic carbocycles. The third kappa shape index (κ3) is 1.40. The van der Waals surface area contributed by atoms with Crippen molar-refractivity contribution in [3.8, 4) is 0 Å². The molecule has 11 heavy (non-hydrogen) atoms. The topological polar surface area (TPSA) is 70.0 Å². The van der Waals surface area contributed by atoms with E-state index >= 15 is 0 Å². The smallest absolute Gasteiger partial charge is 0.287 e. The van der Waals surface area contributed by atoms with Crippen LogP contribution in [-0.2, 0) is 0 Å². The summed E-state index contributed by atoms with van der Waals surface area (Å²) in [5.41, 5.74) is 0.270. The monoisotopic (exact) mass is 220 g/mol. The molecule has 1 aromatic heterocycles. The summed E-state index contributed by atoms with van der Waals surface area (Å²) >= 11 is 2.95. The molecule has 0 fully saturated rings. The maximum atomic E-state index is 10.9. The van der Waals surface area contributed by atoms with Crippen molar-refractivity contribution < 1.29 is 14.3 Å². The average molecular weight is 221 g/mol. The molecule has 6 heteroatoms. The van der Waals surface area contributed by atoms with Crippen molar-refractivity contribution in [3.05, 3.63) is 16.6 Å². The normalized spacial score (nSPS) is 10.0. The zero-order valence-corrected chi connectivity index (χ0v) is 7.29. The van der Waals surface area contributed by atoms with Crippen molar-refractivity contribution in [2.75, 3.05) is 5.33 Å². The Bertz CT molecular complexity index is 283. The molecule has 60 valence electrons. The lowest BCUT2D eigenvalue weighted by molar-refractivity contribution is -0.806. The van der Waals surface area contributed by atoms with Crippen LogP contribution >= 0.6 is 15.9 Å². The SMILES string of the molecule is Cc1c(C(=O)CBr)no[n+]1[O-]. The van der Waals surface area contributed by atoms with Crippen molar-refractivity contribution in [2.45, 2.75) is 6.92 Å². The lowest BCUT2D eigenvalue weighted by Crippen LogP contribution is -2.26. The molecule has 0 amide bonds. The number of carbonyl (C=O) groups excluding carboxylic acids is 1. The Hall–Kier alpha value is -0.910. The van der Waals surface area contributed by atoms with Gasteiger partial charge in [0.25, 0.3) is 5.69 Å². The molecule has 5 nitrogen and oxygen atoms in total. The highest BCUT2D eigenvalue weighted by atomic mass is 79.9. The molecule has 0 radical (unpaired) electrons. The van der Waals surface area contributed by atoms with Gasteiger partial charge in [0.15, 0.2) is 0 Å². The Morgan fingerprint density at radius 3 is 2.91 bits per heavy atom. The van der Waals surface area contributed by atoms with Crippen LogP contribution in [0.1, 0.15) is 16.2 Å².